The molecule has 0 aliphatic heterocycles. The van der Waals surface area contributed by atoms with E-state index in [9.17, 15) is 0 Å². The number of benzene rings is 3. The maximum absolute atomic E-state index is 6.49. The van der Waals surface area contributed by atoms with E-state index < -0.39 is 0 Å². The van der Waals surface area contributed by atoms with Crippen molar-refractivity contribution >= 4 is 43.7 Å². The molecule has 2 aliphatic carbocycles. The van der Waals surface area contributed by atoms with Crippen LogP contribution in [-0.4, -0.2) is 4.57 Å². The largest absolute Gasteiger partial charge is 0.456 e. The fourth-order valence-electron chi connectivity index (χ4n) is 7.46. The number of furan rings is 1. The van der Waals surface area contributed by atoms with Crippen LogP contribution in [0.5, 0.6) is 0 Å². The standard InChI is InChI=1S/C29H29NO/c1-3-29(16-18-12-13-19(14-18)17-29)28-26-20-8-4-6-10-22(20)30(2)23(26)15-25-27(28)21-9-5-7-11-24(21)31-25/h4-11,15,18-19H,3,12-14,16-17H2,1-2H3. The molecular formula is C29H29NO. The highest BCUT2D eigenvalue weighted by Gasteiger charge is 2.46. The Morgan fingerprint density at radius 2 is 1.58 bits per heavy atom. The minimum atomic E-state index is 0.235. The minimum Gasteiger partial charge on any atom is -0.456 e. The summed E-state index contributed by atoms with van der Waals surface area (Å²) in [7, 11) is 2.21. The molecule has 2 saturated carbocycles. The van der Waals surface area contributed by atoms with E-state index >= 15 is 0 Å². The van der Waals surface area contributed by atoms with Crippen LogP contribution >= 0.6 is 0 Å². The fourth-order valence-corrected chi connectivity index (χ4v) is 7.46. The van der Waals surface area contributed by atoms with Gasteiger partial charge in [-0.15, -0.1) is 0 Å². The molecule has 0 radical (unpaired) electrons. The van der Waals surface area contributed by atoms with Gasteiger partial charge in [-0.05, 0) is 60.6 Å². The van der Waals surface area contributed by atoms with Gasteiger partial charge >= 0.3 is 0 Å². The van der Waals surface area contributed by atoms with Crippen molar-refractivity contribution in [2.45, 2.75) is 50.9 Å². The van der Waals surface area contributed by atoms with Crippen LogP contribution in [-0.2, 0) is 12.5 Å². The van der Waals surface area contributed by atoms with E-state index in [2.05, 4.69) is 73.1 Å². The Labute approximate surface area is 182 Å². The Kier molecular flexibility index (Phi) is 3.55. The van der Waals surface area contributed by atoms with Crippen molar-refractivity contribution in [3.63, 3.8) is 0 Å². The van der Waals surface area contributed by atoms with Gasteiger partial charge in [-0.1, -0.05) is 56.2 Å². The maximum atomic E-state index is 6.49. The molecule has 31 heavy (non-hydrogen) atoms. The molecule has 0 amide bonds. The summed E-state index contributed by atoms with van der Waals surface area (Å²) in [6.45, 7) is 2.43. The van der Waals surface area contributed by atoms with Gasteiger partial charge in [0, 0.05) is 40.2 Å². The summed E-state index contributed by atoms with van der Waals surface area (Å²) in [5.74, 6) is 1.77. The lowest BCUT2D eigenvalue weighted by atomic mass is 9.62. The van der Waals surface area contributed by atoms with Gasteiger partial charge in [0.25, 0.3) is 0 Å². The smallest absolute Gasteiger partial charge is 0.137 e. The van der Waals surface area contributed by atoms with Gasteiger partial charge < -0.3 is 8.98 Å². The van der Waals surface area contributed by atoms with Crippen LogP contribution in [0.1, 0.15) is 51.0 Å². The Balaban J connectivity index is 1.72. The van der Waals surface area contributed by atoms with Crippen molar-refractivity contribution in [1.82, 2.24) is 4.57 Å². The van der Waals surface area contributed by atoms with Crippen LogP contribution < -0.4 is 0 Å². The Morgan fingerprint density at radius 1 is 0.871 bits per heavy atom. The molecule has 2 heterocycles. The van der Waals surface area contributed by atoms with E-state index in [-0.39, 0.29) is 5.41 Å². The molecule has 2 unspecified atom stereocenters. The van der Waals surface area contributed by atoms with Crippen molar-refractivity contribution in [3.05, 3.63) is 60.2 Å². The normalized spacial score (nSPS) is 26.0. The maximum Gasteiger partial charge on any atom is 0.137 e. The molecule has 2 bridgehead atoms. The van der Waals surface area contributed by atoms with Crippen LogP contribution in [0.4, 0.5) is 0 Å². The lowest BCUT2D eigenvalue weighted by molar-refractivity contribution is 0.210. The highest BCUT2D eigenvalue weighted by Crippen LogP contribution is 2.57. The van der Waals surface area contributed by atoms with Crippen LogP contribution in [0.3, 0.4) is 0 Å². The lowest BCUT2D eigenvalue weighted by Crippen LogP contribution is -2.33. The molecule has 2 atom stereocenters. The zero-order valence-electron chi connectivity index (χ0n) is 18.4. The molecule has 2 nitrogen and oxygen atoms in total. The van der Waals surface area contributed by atoms with Gasteiger partial charge in [0.1, 0.15) is 11.2 Å². The van der Waals surface area contributed by atoms with Crippen LogP contribution in [0.2, 0.25) is 0 Å². The predicted molar refractivity (Wildman–Crippen MR) is 130 cm³/mol. The topological polar surface area (TPSA) is 18.1 Å². The number of para-hydroxylation sites is 2. The van der Waals surface area contributed by atoms with Crippen LogP contribution in [0, 0.1) is 11.8 Å². The van der Waals surface area contributed by atoms with Gasteiger partial charge in [-0.25, -0.2) is 0 Å². The van der Waals surface area contributed by atoms with Gasteiger partial charge in [-0.2, -0.15) is 0 Å². The molecule has 2 aromatic heterocycles. The van der Waals surface area contributed by atoms with E-state index in [1.54, 1.807) is 5.56 Å². The van der Waals surface area contributed by atoms with E-state index in [1.807, 2.05) is 0 Å². The third-order valence-electron chi connectivity index (χ3n) is 8.76. The fraction of sp³-hybridized carbons (Fsp3) is 0.379. The Morgan fingerprint density at radius 3 is 2.35 bits per heavy atom. The second-order valence-electron chi connectivity index (χ2n) is 10.3. The third kappa shape index (κ3) is 2.28. The number of hydrogen-bond donors (Lipinski definition) is 0. The second kappa shape index (κ2) is 6.16. The number of nitrogens with zero attached hydrogens (tertiary/aromatic N) is 1. The average molecular weight is 408 g/mol. The predicted octanol–water partition coefficient (Wildman–Crippen LogP) is 8.09. The Bertz CT molecular complexity index is 1470. The summed E-state index contributed by atoms with van der Waals surface area (Å²) in [6, 6.07) is 19.9. The monoisotopic (exact) mass is 407 g/mol. The number of hydrogen-bond acceptors (Lipinski definition) is 1. The summed E-state index contributed by atoms with van der Waals surface area (Å²) < 4.78 is 8.87. The Hall–Kier alpha value is -2.74. The van der Waals surface area contributed by atoms with Gasteiger partial charge in [0.2, 0.25) is 0 Å². The van der Waals surface area contributed by atoms with Crippen LogP contribution in [0.15, 0.2) is 59.0 Å². The quantitative estimate of drug-likeness (QED) is 0.289. The molecule has 2 aliphatic rings. The first-order valence-electron chi connectivity index (χ1n) is 12.0. The molecule has 2 fully saturated rings. The molecule has 0 spiro atoms. The van der Waals surface area contributed by atoms with Crippen molar-refractivity contribution in [2.75, 3.05) is 0 Å². The lowest BCUT2D eigenvalue weighted by Gasteiger charge is -2.41. The first kappa shape index (κ1) is 17.9. The summed E-state index contributed by atoms with van der Waals surface area (Å²) in [5, 5.41) is 5.53. The van der Waals surface area contributed by atoms with E-state index in [1.165, 1.54) is 71.1 Å². The zero-order valence-corrected chi connectivity index (χ0v) is 18.4. The summed E-state index contributed by atoms with van der Waals surface area (Å²) in [5.41, 5.74) is 6.53. The molecule has 3 aromatic carbocycles. The van der Waals surface area contributed by atoms with E-state index in [4.69, 9.17) is 4.42 Å². The highest BCUT2D eigenvalue weighted by molar-refractivity contribution is 6.20. The van der Waals surface area contributed by atoms with Gasteiger partial charge in [0.05, 0.1) is 5.52 Å². The molecule has 0 N–H and O–H groups in total. The highest BCUT2D eigenvalue weighted by atomic mass is 16.3. The zero-order chi connectivity index (χ0) is 20.7. The average Bonchev–Trinajstić information content (AvgIpc) is 3.44. The number of rotatable bonds is 2. The summed E-state index contributed by atoms with van der Waals surface area (Å²) in [4.78, 5) is 0. The third-order valence-corrected chi connectivity index (χ3v) is 8.76. The SMILES string of the molecule is CCC1(c2c3c(cc4c2c2ccccc2n4C)oc2ccccc23)CC2CCC(C2)C1. The van der Waals surface area contributed by atoms with Crippen molar-refractivity contribution < 1.29 is 4.42 Å². The molecular weight excluding hydrogens is 378 g/mol. The number of fused-ring (bicyclic) bond motifs is 8. The van der Waals surface area contributed by atoms with Crippen molar-refractivity contribution in [3.8, 4) is 0 Å². The summed E-state index contributed by atoms with van der Waals surface area (Å²) >= 11 is 0. The number of aromatic nitrogens is 1. The minimum absolute atomic E-state index is 0.235. The molecule has 5 aromatic rings. The van der Waals surface area contributed by atoms with Gasteiger partial charge in [0.15, 0.2) is 0 Å². The molecule has 0 saturated heterocycles. The summed E-state index contributed by atoms with van der Waals surface area (Å²) in [6.07, 6.45) is 8.16. The van der Waals surface area contributed by atoms with Gasteiger partial charge in [-0.3, -0.25) is 0 Å². The molecule has 2 heteroatoms. The van der Waals surface area contributed by atoms with Crippen LogP contribution in [0.25, 0.3) is 43.7 Å². The number of aryl methyl sites for hydroxylation is 1. The molecule has 7 rings (SSSR count). The van der Waals surface area contributed by atoms with Crippen molar-refractivity contribution in [1.29, 1.82) is 0 Å². The first-order chi connectivity index (χ1) is 15.2. The first-order valence-corrected chi connectivity index (χ1v) is 12.0. The van der Waals surface area contributed by atoms with Crippen molar-refractivity contribution in [2.24, 2.45) is 18.9 Å². The van der Waals surface area contributed by atoms with E-state index in [0.29, 0.717) is 0 Å². The molecule has 156 valence electrons. The van der Waals surface area contributed by atoms with E-state index in [0.717, 1.165) is 23.0 Å². The second-order valence-corrected chi connectivity index (χ2v) is 10.3.